The highest BCUT2D eigenvalue weighted by Crippen LogP contribution is 2.31. The monoisotopic (exact) mass is 870 g/mol. The van der Waals surface area contributed by atoms with E-state index in [0.29, 0.717) is 60.8 Å². The van der Waals surface area contributed by atoms with Crippen molar-refractivity contribution in [2.75, 3.05) is 82.3 Å². The predicted molar refractivity (Wildman–Crippen MR) is 200 cm³/mol. The number of methoxy groups -OCH3 is 2. The van der Waals surface area contributed by atoms with E-state index in [4.69, 9.17) is 44.3 Å². The van der Waals surface area contributed by atoms with Crippen LogP contribution in [0.3, 0.4) is 0 Å². The number of hydrogen-bond acceptors (Lipinski definition) is 10. The number of halogens is 9. The van der Waals surface area contributed by atoms with Crippen LogP contribution in [0.2, 0.25) is 10.0 Å². The summed E-state index contributed by atoms with van der Waals surface area (Å²) >= 11 is 17.6. The number of piperazine rings is 2. The number of benzene rings is 2. The van der Waals surface area contributed by atoms with Crippen molar-refractivity contribution in [3.05, 3.63) is 69.7 Å². The maximum absolute atomic E-state index is 12.7. The van der Waals surface area contributed by atoms with Crippen molar-refractivity contribution in [1.29, 1.82) is 0 Å². The summed E-state index contributed by atoms with van der Waals surface area (Å²) < 4.78 is 84.5. The normalized spacial score (nSPS) is 14.7. The molecule has 2 saturated heterocycles. The maximum Gasteiger partial charge on any atom is 0.453 e. The Bertz CT molecular complexity index is 1960. The highest BCUT2D eigenvalue weighted by atomic mass is 35.5. The van der Waals surface area contributed by atoms with Gasteiger partial charge in [-0.25, -0.2) is 14.6 Å². The van der Waals surface area contributed by atoms with Crippen molar-refractivity contribution in [2.45, 2.75) is 32.7 Å². The van der Waals surface area contributed by atoms with Crippen molar-refractivity contribution in [3.63, 3.8) is 0 Å². The molecule has 0 radical (unpaired) electrons. The molecule has 0 spiro atoms. The Labute approximate surface area is 338 Å². The summed E-state index contributed by atoms with van der Waals surface area (Å²) in [6.45, 7) is 7.54. The van der Waals surface area contributed by atoms with Gasteiger partial charge in [0.15, 0.2) is 0 Å². The van der Waals surface area contributed by atoms with Crippen molar-refractivity contribution >= 4 is 58.0 Å². The first-order valence-electron chi connectivity index (χ1n) is 17.1. The third-order valence-corrected chi connectivity index (χ3v) is 9.48. The van der Waals surface area contributed by atoms with Gasteiger partial charge < -0.3 is 29.1 Å². The van der Waals surface area contributed by atoms with Crippen LogP contribution in [-0.4, -0.2) is 124 Å². The Kier molecular flexibility index (Phi) is 15.5. The van der Waals surface area contributed by atoms with Gasteiger partial charge in [0.2, 0.25) is 11.8 Å². The zero-order chi connectivity index (χ0) is 42.1. The van der Waals surface area contributed by atoms with E-state index in [2.05, 4.69) is 35.1 Å². The Morgan fingerprint density at radius 1 is 0.719 bits per heavy atom. The molecule has 0 saturated carbocycles. The molecule has 23 heteroatoms. The van der Waals surface area contributed by atoms with Crippen molar-refractivity contribution in [2.24, 2.45) is 0 Å². The number of carbonyl (C=O) groups is 2. The average molecular weight is 872 g/mol. The van der Waals surface area contributed by atoms with E-state index < -0.39 is 24.0 Å². The first-order valence-corrected chi connectivity index (χ1v) is 18.4. The van der Waals surface area contributed by atoms with E-state index in [1.54, 1.807) is 23.0 Å². The van der Waals surface area contributed by atoms with E-state index in [-0.39, 0.29) is 35.9 Å². The Morgan fingerprint density at radius 3 is 1.53 bits per heavy atom. The van der Waals surface area contributed by atoms with Gasteiger partial charge in [0.1, 0.15) is 35.6 Å². The number of nitrogens with one attached hydrogen (secondary N) is 1. The molecule has 4 heterocycles. The van der Waals surface area contributed by atoms with Gasteiger partial charge in [-0.2, -0.15) is 26.3 Å². The standard InChI is InChI=1S/C17H19ClF3N5O2.C13H16Cl2N2O2.C4H4F3N3/c1-11-22-16(17(19,20)21)23-26(11)10-15(27)25-7-5-24(6-8-25)12-3-4-13(18)14(9-12)28-2;1-19-12-8-10(2-3-11(12)15)16-4-6-17(7-5-16)13(18)9-14;1-2-8-3(10-9-2)4(5,6)7/h3-4,9H,5-8,10H2,1-2H3;2-3,8H,4-7,9H2,1H3;1H3,(H,8,9,10). The van der Waals surface area contributed by atoms with Crippen molar-refractivity contribution in [3.8, 4) is 11.5 Å². The van der Waals surface area contributed by atoms with Crippen LogP contribution < -0.4 is 19.3 Å². The minimum atomic E-state index is -4.63. The van der Waals surface area contributed by atoms with Crippen LogP contribution in [0.4, 0.5) is 37.7 Å². The molecule has 0 aliphatic carbocycles. The minimum absolute atomic E-state index is 0.00463. The molecular formula is C34H39Cl3F6N10O4. The molecule has 57 heavy (non-hydrogen) atoms. The topological polar surface area (TPSA) is 138 Å². The Balaban J connectivity index is 0.000000213. The number of rotatable bonds is 7. The molecule has 14 nitrogen and oxygen atoms in total. The van der Waals surface area contributed by atoms with Crippen LogP contribution in [0.25, 0.3) is 0 Å². The van der Waals surface area contributed by atoms with Crippen molar-refractivity contribution in [1.82, 2.24) is 39.7 Å². The predicted octanol–water partition coefficient (Wildman–Crippen LogP) is 5.98. The molecule has 2 amide bonds. The van der Waals surface area contributed by atoms with E-state index in [9.17, 15) is 35.9 Å². The van der Waals surface area contributed by atoms with Gasteiger partial charge in [-0.1, -0.05) is 23.2 Å². The molecule has 2 aliphatic rings. The van der Waals surface area contributed by atoms with Gasteiger partial charge in [0.05, 0.1) is 24.3 Å². The number of hydrogen-bond donors (Lipinski definition) is 1. The highest BCUT2D eigenvalue weighted by Gasteiger charge is 2.37. The SMILES string of the molecule is COc1cc(N2CCN(C(=O)CCl)CC2)ccc1Cl.COc1cc(N2CCN(C(=O)Cn3nc(C(F)(F)F)nc3C)CC2)ccc1Cl.Cc1nc(C(F)(F)F)n[nH]1. The molecule has 312 valence electrons. The second-order valence-corrected chi connectivity index (χ2v) is 13.5. The molecule has 2 fully saturated rings. The molecule has 2 aliphatic heterocycles. The van der Waals surface area contributed by atoms with Crippen LogP contribution in [0.15, 0.2) is 36.4 Å². The number of amides is 2. The van der Waals surface area contributed by atoms with E-state index in [0.717, 1.165) is 29.1 Å². The zero-order valence-corrected chi connectivity index (χ0v) is 33.4. The van der Waals surface area contributed by atoms with Gasteiger partial charge in [0, 0.05) is 75.9 Å². The number of H-pyrrole nitrogens is 1. The summed E-state index contributed by atoms with van der Waals surface area (Å²) in [6.07, 6.45) is -9.07. The summed E-state index contributed by atoms with van der Waals surface area (Å²) in [5.41, 5.74) is 1.98. The Hall–Kier alpha value is -4.69. The number of carbonyl (C=O) groups excluding carboxylic acids is 2. The maximum atomic E-state index is 12.7. The van der Waals surface area contributed by atoms with Crippen LogP contribution in [0.5, 0.6) is 11.5 Å². The van der Waals surface area contributed by atoms with Gasteiger partial charge in [-0.15, -0.1) is 21.8 Å². The van der Waals surface area contributed by atoms with E-state index in [1.807, 2.05) is 30.3 Å². The second kappa shape index (κ2) is 19.6. The van der Waals surface area contributed by atoms with Crippen molar-refractivity contribution < 1.29 is 45.4 Å². The molecular weight excluding hydrogens is 833 g/mol. The lowest BCUT2D eigenvalue weighted by atomic mass is 10.2. The van der Waals surface area contributed by atoms with Gasteiger partial charge in [-0.3, -0.25) is 14.7 Å². The molecule has 6 rings (SSSR count). The second-order valence-electron chi connectivity index (χ2n) is 12.4. The summed E-state index contributed by atoms with van der Waals surface area (Å²) in [5, 5.41) is 9.54. The first kappa shape index (κ1) is 45.0. The lowest BCUT2D eigenvalue weighted by Gasteiger charge is -2.36. The average Bonchev–Trinajstić information content (AvgIpc) is 3.81. The molecule has 0 bridgehead atoms. The minimum Gasteiger partial charge on any atom is -0.495 e. The molecule has 0 atom stereocenters. The van der Waals surface area contributed by atoms with Crippen LogP contribution in [0, 0.1) is 13.8 Å². The van der Waals surface area contributed by atoms with Crippen LogP contribution >= 0.6 is 34.8 Å². The summed E-state index contributed by atoms with van der Waals surface area (Å²) in [4.78, 5) is 38.1. The molecule has 4 aromatic rings. The lowest BCUT2D eigenvalue weighted by Crippen LogP contribution is -2.49. The van der Waals surface area contributed by atoms with E-state index >= 15 is 0 Å². The number of aryl methyl sites for hydroxylation is 2. The number of aromatic nitrogens is 6. The van der Waals surface area contributed by atoms with Crippen LogP contribution in [0.1, 0.15) is 23.3 Å². The lowest BCUT2D eigenvalue weighted by molar-refractivity contribution is -0.145. The number of nitrogens with zero attached hydrogens (tertiary/aromatic N) is 9. The van der Waals surface area contributed by atoms with Gasteiger partial charge >= 0.3 is 12.4 Å². The number of ether oxygens (including phenoxy) is 2. The fourth-order valence-electron chi connectivity index (χ4n) is 5.59. The number of alkyl halides is 7. The molecule has 0 unspecified atom stereocenters. The summed E-state index contributed by atoms with van der Waals surface area (Å²) in [5.74, 6) is -1.16. The molecule has 2 aromatic heterocycles. The number of anilines is 2. The third-order valence-electron chi connectivity index (χ3n) is 8.62. The van der Waals surface area contributed by atoms with Gasteiger partial charge in [-0.05, 0) is 38.1 Å². The zero-order valence-electron chi connectivity index (χ0n) is 31.1. The number of aromatic amines is 1. The first-order chi connectivity index (χ1) is 26.8. The third kappa shape index (κ3) is 12.4. The Morgan fingerprint density at radius 2 is 1.18 bits per heavy atom. The summed E-state index contributed by atoms with van der Waals surface area (Å²) in [7, 11) is 3.14. The summed E-state index contributed by atoms with van der Waals surface area (Å²) in [6, 6.07) is 11.2. The quantitative estimate of drug-likeness (QED) is 0.174. The smallest absolute Gasteiger partial charge is 0.453 e. The molecule has 1 N–H and O–H groups in total. The van der Waals surface area contributed by atoms with Gasteiger partial charge in [0.25, 0.3) is 11.6 Å². The largest absolute Gasteiger partial charge is 0.495 e. The fraction of sp³-hybridized carbons (Fsp3) is 0.471. The van der Waals surface area contributed by atoms with Crippen LogP contribution in [-0.2, 0) is 28.5 Å². The fourth-order valence-corrected chi connectivity index (χ4v) is 6.15. The van der Waals surface area contributed by atoms with E-state index in [1.165, 1.54) is 21.0 Å². The highest BCUT2D eigenvalue weighted by molar-refractivity contribution is 6.32. The molecule has 2 aromatic carbocycles.